The van der Waals surface area contributed by atoms with Crippen LogP contribution >= 0.6 is 0 Å². The number of H-pyrrole nitrogens is 1. The van der Waals surface area contributed by atoms with Gasteiger partial charge in [-0.05, 0) is 32.4 Å². The van der Waals surface area contributed by atoms with Crippen molar-refractivity contribution in [3.05, 3.63) is 45.9 Å². The summed E-state index contributed by atoms with van der Waals surface area (Å²) in [6, 6.07) is 3.61. The Balaban J connectivity index is 1.48. The predicted octanol–water partition coefficient (Wildman–Crippen LogP) is 0.294. The average molecular weight is 357 g/mol. The lowest BCUT2D eigenvalue weighted by Crippen LogP contribution is -2.34. The van der Waals surface area contributed by atoms with Gasteiger partial charge in [0.2, 0.25) is 0 Å². The van der Waals surface area contributed by atoms with Crippen LogP contribution in [0.2, 0.25) is 0 Å². The predicted molar refractivity (Wildman–Crippen MR) is 94.9 cm³/mol. The van der Waals surface area contributed by atoms with Crippen LogP contribution in [0.5, 0.6) is 0 Å². The molecule has 0 aliphatic carbocycles. The van der Waals surface area contributed by atoms with Crippen LogP contribution < -0.4 is 5.56 Å². The number of likely N-dealkylation sites (tertiary alicyclic amines) is 1. The fourth-order valence-corrected chi connectivity index (χ4v) is 3.61. The lowest BCUT2D eigenvalue weighted by atomic mass is 9.95. The molecule has 0 aromatic carbocycles. The third-order valence-corrected chi connectivity index (χ3v) is 4.80. The molecule has 1 aliphatic rings. The van der Waals surface area contributed by atoms with Crippen molar-refractivity contribution in [2.75, 3.05) is 19.7 Å². The van der Waals surface area contributed by atoms with Crippen molar-refractivity contribution < 1.29 is 5.11 Å². The van der Waals surface area contributed by atoms with E-state index in [2.05, 4.69) is 25.1 Å². The van der Waals surface area contributed by atoms with Gasteiger partial charge in [0.1, 0.15) is 5.82 Å². The lowest BCUT2D eigenvalue weighted by Gasteiger charge is -2.31. The maximum Gasteiger partial charge on any atom is 0.274 e. The molecule has 2 N–H and O–H groups in total. The van der Waals surface area contributed by atoms with Crippen molar-refractivity contribution in [3.8, 4) is 0 Å². The molecule has 1 fully saturated rings. The highest BCUT2D eigenvalue weighted by atomic mass is 16.3. The van der Waals surface area contributed by atoms with Gasteiger partial charge < -0.3 is 5.11 Å². The Morgan fingerprint density at radius 1 is 1.38 bits per heavy atom. The smallest absolute Gasteiger partial charge is 0.274 e. The number of aliphatic hydroxyl groups is 1. The number of hydrogen-bond acceptors (Lipinski definition) is 6. The zero-order valence-corrected chi connectivity index (χ0v) is 14.8. The summed E-state index contributed by atoms with van der Waals surface area (Å²) in [5.74, 6) is 1.45. The summed E-state index contributed by atoms with van der Waals surface area (Å²) < 4.78 is 3.15. The van der Waals surface area contributed by atoms with E-state index in [0.29, 0.717) is 30.6 Å². The highest BCUT2D eigenvalue weighted by molar-refractivity contribution is 5.27. The van der Waals surface area contributed by atoms with Crippen molar-refractivity contribution in [1.82, 2.24) is 34.3 Å². The van der Waals surface area contributed by atoms with Gasteiger partial charge >= 0.3 is 0 Å². The Bertz CT molecular complexity index is 958. The molecule has 1 unspecified atom stereocenters. The van der Waals surface area contributed by atoms with E-state index < -0.39 is 0 Å². The summed E-state index contributed by atoms with van der Waals surface area (Å²) in [4.78, 5) is 23.3. The normalized spacial score (nSPS) is 18.6. The minimum atomic E-state index is -0.137. The maximum absolute atomic E-state index is 12.2. The molecule has 0 amide bonds. The fourth-order valence-electron chi connectivity index (χ4n) is 3.61. The number of aryl methyl sites for hydroxylation is 1. The SMILES string of the molecule is Cc1nc2nc(CN3CCCC(c4ccn(CCO)n4)C3)cc(=O)n2[nH]1. The molecule has 9 nitrogen and oxygen atoms in total. The van der Waals surface area contributed by atoms with Crippen LogP contribution in [0, 0.1) is 6.92 Å². The first-order valence-corrected chi connectivity index (χ1v) is 8.94. The Kier molecular flexibility index (Phi) is 4.56. The van der Waals surface area contributed by atoms with Crippen molar-refractivity contribution in [2.24, 2.45) is 0 Å². The third-order valence-electron chi connectivity index (χ3n) is 4.80. The van der Waals surface area contributed by atoms with Crippen LogP contribution in [0.4, 0.5) is 0 Å². The second-order valence-electron chi connectivity index (χ2n) is 6.83. The minimum Gasteiger partial charge on any atom is -0.394 e. The molecule has 9 heteroatoms. The average Bonchev–Trinajstić information content (AvgIpc) is 3.22. The van der Waals surface area contributed by atoms with Gasteiger partial charge in [0, 0.05) is 31.3 Å². The largest absolute Gasteiger partial charge is 0.394 e. The first-order chi connectivity index (χ1) is 12.6. The van der Waals surface area contributed by atoms with Crippen LogP contribution in [0.3, 0.4) is 0 Å². The zero-order valence-electron chi connectivity index (χ0n) is 14.8. The summed E-state index contributed by atoms with van der Waals surface area (Å²) in [5, 5.41) is 16.5. The zero-order chi connectivity index (χ0) is 18.1. The molecule has 3 aromatic heterocycles. The van der Waals surface area contributed by atoms with Gasteiger partial charge in [-0.1, -0.05) is 0 Å². The Labute approximate surface area is 150 Å². The van der Waals surface area contributed by atoms with Gasteiger partial charge in [-0.3, -0.25) is 19.5 Å². The molecule has 0 spiro atoms. The molecule has 0 radical (unpaired) electrons. The van der Waals surface area contributed by atoms with Crippen molar-refractivity contribution in [1.29, 1.82) is 0 Å². The van der Waals surface area contributed by atoms with E-state index in [4.69, 9.17) is 5.11 Å². The van der Waals surface area contributed by atoms with E-state index in [9.17, 15) is 4.79 Å². The summed E-state index contributed by atoms with van der Waals surface area (Å²) in [5.41, 5.74) is 1.67. The van der Waals surface area contributed by atoms with Crippen LogP contribution in [-0.2, 0) is 13.1 Å². The molecule has 138 valence electrons. The second kappa shape index (κ2) is 7.00. The van der Waals surface area contributed by atoms with Crippen molar-refractivity contribution >= 4 is 5.78 Å². The van der Waals surface area contributed by atoms with Crippen LogP contribution in [0.1, 0.15) is 36.0 Å². The number of nitrogens with zero attached hydrogens (tertiary/aromatic N) is 6. The first-order valence-electron chi connectivity index (χ1n) is 8.94. The van der Waals surface area contributed by atoms with Gasteiger partial charge in [0.25, 0.3) is 11.3 Å². The van der Waals surface area contributed by atoms with Gasteiger partial charge in [-0.25, -0.2) is 4.98 Å². The topological polar surface area (TPSA) is 104 Å². The molecule has 4 rings (SSSR count). The number of nitrogens with one attached hydrogen (secondary N) is 1. The van der Waals surface area contributed by atoms with Crippen LogP contribution in [0.15, 0.2) is 23.1 Å². The molecular weight excluding hydrogens is 334 g/mol. The molecule has 3 aromatic rings. The summed E-state index contributed by atoms with van der Waals surface area (Å²) in [7, 11) is 0. The number of piperidine rings is 1. The van der Waals surface area contributed by atoms with E-state index >= 15 is 0 Å². The summed E-state index contributed by atoms with van der Waals surface area (Å²) in [6.07, 6.45) is 4.10. The lowest BCUT2D eigenvalue weighted by molar-refractivity contribution is 0.195. The van der Waals surface area contributed by atoms with Gasteiger partial charge in [-0.2, -0.15) is 14.6 Å². The van der Waals surface area contributed by atoms with Crippen molar-refractivity contribution in [3.63, 3.8) is 0 Å². The standard InChI is InChI=1S/C17H23N7O2/c1-12-18-17-19-14(9-16(26)24(17)20-12)11-22-5-2-3-13(10-22)15-4-6-23(21-15)7-8-25/h4,6,9,13,25H,2-3,5,7-8,10-11H2,1H3,(H,18,19,20). The molecule has 1 saturated heterocycles. The molecule has 0 bridgehead atoms. The molecule has 1 aliphatic heterocycles. The number of fused-ring (bicyclic) bond motifs is 1. The van der Waals surface area contributed by atoms with Gasteiger partial charge in [0.15, 0.2) is 0 Å². The fraction of sp³-hybridized carbons (Fsp3) is 0.529. The van der Waals surface area contributed by atoms with E-state index in [1.165, 1.54) is 4.52 Å². The minimum absolute atomic E-state index is 0.0915. The highest BCUT2D eigenvalue weighted by Gasteiger charge is 2.24. The second-order valence-corrected chi connectivity index (χ2v) is 6.83. The van der Waals surface area contributed by atoms with Crippen LogP contribution in [0.25, 0.3) is 5.78 Å². The van der Waals surface area contributed by atoms with Gasteiger partial charge in [0.05, 0.1) is 24.5 Å². The van der Waals surface area contributed by atoms with Gasteiger partial charge in [-0.15, -0.1) is 0 Å². The third kappa shape index (κ3) is 3.40. The van der Waals surface area contributed by atoms with Crippen LogP contribution in [-0.4, -0.2) is 59.1 Å². The number of aliphatic hydroxyl groups excluding tert-OH is 1. The molecule has 4 heterocycles. The molecule has 1 atom stereocenters. The number of aromatic amines is 1. The molecule has 0 saturated carbocycles. The quantitative estimate of drug-likeness (QED) is 0.680. The van der Waals surface area contributed by atoms with E-state index in [1.807, 2.05) is 12.3 Å². The monoisotopic (exact) mass is 357 g/mol. The number of hydrogen-bond donors (Lipinski definition) is 2. The number of rotatable bonds is 5. The Morgan fingerprint density at radius 2 is 2.27 bits per heavy atom. The number of aromatic nitrogens is 6. The molecule has 26 heavy (non-hydrogen) atoms. The molecular formula is C17H23N7O2. The van der Waals surface area contributed by atoms with E-state index in [1.54, 1.807) is 17.7 Å². The maximum atomic E-state index is 12.2. The van der Waals surface area contributed by atoms with Crippen molar-refractivity contribution in [2.45, 2.75) is 38.8 Å². The van der Waals surface area contributed by atoms with E-state index in [-0.39, 0.29) is 12.2 Å². The van der Waals surface area contributed by atoms with E-state index in [0.717, 1.165) is 37.3 Å². The first kappa shape index (κ1) is 16.9. The summed E-state index contributed by atoms with van der Waals surface area (Å²) in [6.45, 7) is 4.91. The Hall–Kier alpha value is -2.52. The summed E-state index contributed by atoms with van der Waals surface area (Å²) >= 11 is 0. The Morgan fingerprint density at radius 3 is 3.12 bits per heavy atom. The highest BCUT2D eigenvalue weighted by Crippen LogP contribution is 2.26.